The molecule has 2 N–H and O–H groups in total. The molecule has 0 amide bonds. The third-order valence-electron chi connectivity index (χ3n) is 3.27. The molecule has 0 aromatic heterocycles. The Bertz CT molecular complexity index is 669. The lowest BCUT2D eigenvalue weighted by Crippen LogP contribution is -2.41. The zero-order valence-electron chi connectivity index (χ0n) is 13.9. The van der Waals surface area contributed by atoms with E-state index in [1.165, 1.54) is 26.4 Å². The Morgan fingerprint density at radius 2 is 1.74 bits per heavy atom. The van der Waals surface area contributed by atoms with Gasteiger partial charge in [0.25, 0.3) is 0 Å². The number of hydrogen-bond donors (Lipinski definition) is 2. The molecule has 0 saturated carbocycles. The Balaban J connectivity index is 3.24. The fourth-order valence-corrected chi connectivity index (χ4v) is 3.62. The number of benzene rings is 1. The molecule has 0 aliphatic carbocycles. The van der Waals surface area contributed by atoms with Gasteiger partial charge in [-0.05, 0) is 30.9 Å². The van der Waals surface area contributed by atoms with Crippen molar-refractivity contribution in [1.82, 2.24) is 4.72 Å². The van der Waals surface area contributed by atoms with Gasteiger partial charge in [0.15, 0.2) is 11.5 Å². The van der Waals surface area contributed by atoms with Gasteiger partial charge in [0, 0.05) is 6.07 Å². The first kappa shape index (κ1) is 19.2. The standard InChI is InChI=1S/C15H23NO6S/c1-9(2)6-11(15(17)18)16-23(19,20)14-8-13(22-5)12(21-4)7-10(14)3/h7-9,11,16H,6H2,1-5H3,(H,17,18)/t11-/m0/s1. The minimum atomic E-state index is -4.00. The molecule has 1 aromatic rings. The average Bonchev–Trinajstić information content (AvgIpc) is 2.44. The molecule has 1 rings (SSSR count). The molecule has 0 aliphatic heterocycles. The maximum absolute atomic E-state index is 12.5. The summed E-state index contributed by atoms with van der Waals surface area (Å²) in [5.74, 6) is -0.513. The highest BCUT2D eigenvalue weighted by atomic mass is 32.2. The Morgan fingerprint density at radius 3 is 2.17 bits per heavy atom. The van der Waals surface area contributed by atoms with Crippen molar-refractivity contribution >= 4 is 16.0 Å². The van der Waals surface area contributed by atoms with E-state index in [0.717, 1.165) is 0 Å². The summed E-state index contributed by atoms with van der Waals surface area (Å²) in [4.78, 5) is 11.2. The Labute approximate surface area is 136 Å². The number of methoxy groups -OCH3 is 2. The van der Waals surface area contributed by atoms with Crippen LogP contribution in [0.5, 0.6) is 11.5 Å². The van der Waals surface area contributed by atoms with Crippen LogP contribution < -0.4 is 14.2 Å². The maximum Gasteiger partial charge on any atom is 0.321 e. The second-order valence-electron chi connectivity index (χ2n) is 5.61. The quantitative estimate of drug-likeness (QED) is 0.745. The van der Waals surface area contributed by atoms with E-state index in [1.807, 2.05) is 13.8 Å². The molecular formula is C15H23NO6S. The molecule has 7 nitrogen and oxygen atoms in total. The number of rotatable bonds is 8. The van der Waals surface area contributed by atoms with E-state index in [-0.39, 0.29) is 23.0 Å². The molecule has 0 bridgehead atoms. The smallest absolute Gasteiger partial charge is 0.321 e. The summed E-state index contributed by atoms with van der Waals surface area (Å²) >= 11 is 0. The van der Waals surface area contributed by atoms with Crippen molar-refractivity contribution in [2.75, 3.05) is 14.2 Å². The fourth-order valence-electron chi connectivity index (χ4n) is 2.17. The van der Waals surface area contributed by atoms with Gasteiger partial charge in [0.2, 0.25) is 10.0 Å². The van der Waals surface area contributed by atoms with Crippen LogP contribution in [-0.4, -0.2) is 39.8 Å². The van der Waals surface area contributed by atoms with Crippen molar-refractivity contribution in [3.05, 3.63) is 17.7 Å². The van der Waals surface area contributed by atoms with Crippen LogP contribution >= 0.6 is 0 Å². The fraction of sp³-hybridized carbons (Fsp3) is 0.533. The highest BCUT2D eigenvalue weighted by Crippen LogP contribution is 2.32. The lowest BCUT2D eigenvalue weighted by atomic mass is 10.1. The molecule has 23 heavy (non-hydrogen) atoms. The molecule has 0 aliphatic rings. The molecule has 0 heterocycles. The largest absolute Gasteiger partial charge is 0.493 e. The first-order valence-corrected chi connectivity index (χ1v) is 8.58. The van der Waals surface area contributed by atoms with Crippen molar-refractivity contribution in [2.24, 2.45) is 5.92 Å². The summed E-state index contributed by atoms with van der Waals surface area (Å²) in [6.07, 6.45) is 0.195. The van der Waals surface area contributed by atoms with E-state index in [4.69, 9.17) is 9.47 Å². The highest BCUT2D eigenvalue weighted by Gasteiger charge is 2.28. The van der Waals surface area contributed by atoms with Crippen molar-refractivity contribution in [1.29, 1.82) is 0 Å². The number of nitrogens with one attached hydrogen (secondary N) is 1. The topological polar surface area (TPSA) is 102 Å². The number of hydrogen-bond acceptors (Lipinski definition) is 5. The number of carbonyl (C=O) groups is 1. The predicted octanol–water partition coefficient (Wildman–Crippen LogP) is 1.79. The summed E-state index contributed by atoms with van der Waals surface area (Å²) < 4.78 is 37.6. The Kier molecular flexibility index (Phi) is 6.40. The normalized spacial score (nSPS) is 13.0. The number of aliphatic carboxylic acids is 1. The zero-order chi connectivity index (χ0) is 17.8. The van der Waals surface area contributed by atoms with Crippen molar-refractivity contribution in [3.8, 4) is 11.5 Å². The highest BCUT2D eigenvalue weighted by molar-refractivity contribution is 7.89. The van der Waals surface area contributed by atoms with Gasteiger partial charge in [-0.2, -0.15) is 4.72 Å². The van der Waals surface area contributed by atoms with E-state index in [1.54, 1.807) is 6.92 Å². The molecule has 1 atom stereocenters. The van der Waals surface area contributed by atoms with Crippen LogP contribution in [-0.2, 0) is 14.8 Å². The Morgan fingerprint density at radius 1 is 1.22 bits per heavy atom. The van der Waals surface area contributed by atoms with Crippen LogP contribution in [0.1, 0.15) is 25.8 Å². The first-order valence-electron chi connectivity index (χ1n) is 7.10. The Hall–Kier alpha value is -1.80. The first-order chi connectivity index (χ1) is 10.6. The van der Waals surface area contributed by atoms with E-state index >= 15 is 0 Å². The molecule has 0 spiro atoms. The van der Waals surface area contributed by atoms with Crippen LogP contribution in [0.25, 0.3) is 0 Å². The summed E-state index contributed by atoms with van der Waals surface area (Å²) in [5, 5.41) is 9.21. The summed E-state index contributed by atoms with van der Waals surface area (Å²) in [6.45, 7) is 5.26. The maximum atomic E-state index is 12.5. The third kappa shape index (κ3) is 4.84. The van der Waals surface area contributed by atoms with Gasteiger partial charge in [-0.1, -0.05) is 13.8 Å². The van der Waals surface area contributed by atoms with Gasteiger partial charge in [-0.3, -0.25) is 4.79 Å². The molecule has 0 unspecified atom stereocenters. The number of aryl methyl sites for hydroxylation is 1. The minimum absolute atomic E-state index is 0.0327. The number of ether oxygens (including phenoxy) is 2. The van der Waals surface area contributed by atoms with E-state index < -0.39 is 22.0 Å². The van der Waals surface area contributed by atoms with Crippen LogP contribution in [0.3, 0.4) is 0 Å². The van der Waals surface area contributed by atoms with E-state index in [9.17, 15) is 18.3 Å². The summed E-state index contributed by atoms with van der Waals surface area (Å²) in [7, 11) is -1.15. The van der Waals surface area contributed by atoms with Crippen molar-refractivity contribution in [2.45, 2.75) is 38.1 Å². The SMILES string of the molecule is COc1cc(C)c(S(=O)(=O)N[C@@H](CC(C)C)C(=O)O)cc1OC. The predicted molar refractivity (Wildman–Crippen MR) is 85.5 cm³/mol. The second kappa shape index (κ2) is 7.65. The zero-order valence-corrected chi connectivity index (χ0v) is 14.7. The van der Waals surface area contributed by atoms with Crippen LogP contribution in [0.4, 0.5) is 0 Å². The summed E-state index contributed by atoms with van der Waals surface area (Å²) in [6, 6.07) is 1.67. The number of sulfonamides is 1. The van der Waals surface area contributed by atoms with Gasteiger partial charge in [0.1, 0.15) is 6.04 Å². The van der Waals surface area contributed by atoms with Crippen LogP contribution in [0, 0.1) is 12.8 Å². The monoisotopic (exact) mass is 345 g/mol. The second-order valence-corrected chi connectivity index (χ2v) is 7.30. The lowest BCUT2D eigenvalue weighted by molar-refractivity contribution is -0.139. The average molecular weight is 345 g/mol. The van der Waals surface area contributed by atoms with Gasteiger partial charge in [-0.15, -0.1) is 0 Å². The minimum Gasteiger partial charge on any atom is -0.493 e. The lowest BCUT2D eigenvalue weighted by Gasteiger charge is -2.18. The van der Waals surface area contributed by atoms with Crippen LogP contribution in [0.2, 0.25) is 0 Å². The van der Waals surface area contributed by atoms with Crippen molar-refractivity contribution in [3.63, 3.8) is 0 Å². The number of carboxylic acids is 1. The van der Waals surface area contributed by atoms with E-state index in [0.29, 0.717) is 11.3 Å². The number of carboxylic acid groups (broad SMARTS) is 1. The molecule has 0 saturated heterocycles. The van der Waals surface area contributed by atoms with E-state index in [2.05, 4.69) is 4.72 Å². The molecular weight excluding hydrogens is 322 g/mol. The molecule has 130 valence electrons. The molecule has 0 radical (unpaired) electrons. The molecule has 0 fully saturated rings. The van der Waals surface area contributed by atoms with Crippen LogP contribution in [0.15, 0.2) is 17.0 Å². The van der Waals surface area contributed by atoms with Gasteiger partial charge in [0.05, 0.1) is 19.1 Å². The van der Waals surface area contributed by atoms with Gasteiger partial charge < -0.3 is 14.6 Å². The summed E-state index contributed by atoms with van der Waals surface area (Å²) in [5.41, 5.74) is 0.434. The molecule has 1 aromatic carbocycles. The third-order valence-corrected chi connectivity index (χ3v) is 4.89. The molecule has 8 heteroatoms. The van der Waals surface area contributed by atoms with Crippen molar-refractivity contribution < 1.29 is 27.8 Å². The van der Waals surface area contributed by atoms with Gasteiger partial charge >= 0.3 is 5.97 Å². The van der Waals surface area contributed by atoms with Gasteiger partial charge in [-0.25, -0.2) is 8.42 Å².